The second-order valence-electron chi connectivity index (χ2n) is 7.97. The molecule has 1 unspecified atom stereocenters. The maximum absolute atomic E-state index is 14.9. The first kappa shape index (κ1) is 21.7. The van der Waals surface area contributed by atoms with Crippen molar-refractivity contribution in [2.24, 2.45) is 11.1 Å². The first-order valence-corrected chi connectivity index (χ1v) is 10.8. The van der Waals surface area contributed by atoms with Crippen molar-refractivity contribution in [1.29, 1.82) is 0 Å². The Morgan fingerprint density at radius 1 is 1.16 bits per heavy atom. The summed E-state index contributed by atoms with van der Waals surface area (Å²) in [6.45, 7) is 0.145. The Labute approximate surface area is 185 Å². The van der Waals surface area contributed by atoms with Gasteiger partial charge in [-0.25, -0.2) is 14.2 Å². The number of carbonyl (C=O) groups is 1. The number of carboxylic acids is 1. The zero-order chi connectivity index (χ0) is 22.3. The van der Waals surface area contributed by atoms with Crippen LogP contribution in [0.3, 0.4) is 0 Å². The molecule has 0 aliphatic heterocycles. The topological polar surface area (TPSA) is 81.0 Å². The van der Waals surface area contributed by atoms with Crippen molar-refractivity contribution in [1.82, 2.24) is 4.98 Å². The highest BCUT2D eigenvalue weighted by Crippen LogP contribution is 2.38. The molecule has 7 heteroatoms. The third-order valence-electron chi connectivity index (χ3n) is 5.73. The quantitative estimate of drug-likeness (QED) is 0.364. The smallest absolute Gasteiger partial charge is 0.350 e. The Hall–Kier alpha value is -3.48. The van der Waals surface area contributed by atoms with Crippen LogP contribution in [0.4, 0.5) is 4.39 Å². The molecule has 1 fully saturated rings. The zero-order valence-electron chi connectivity index (χ0n) is 17.6. The summed E-state index contributed by atoms with van der Waals surface area (Å²) in [5, 5.41) is 13.4. The molecule has 1 aromatic heterocycles. The largest absolute Gasteiger partial charge is 0.484 e. The molecule has 0 amide bonds. The summed E-state index contributed by atoms with van der Waals surface area (Å²) in [4.78, 5) is 20.8. The van der Waals surface area contributed by atoms with Gasteiger partial charge in [0.25, 0.3) is 0 Å². The molecule has 1 saturated carbocycles. The monoisotopic (exact) mass is 436 g/mol. The number of oxime groups is 1. The van der Waals surface area contributed by atoms with Crippen LogP contribution in [0.25, 0.3) is 10.9 Å². The highest BCUT2D eigenvalue weighted by Gasteiger charge is 2.28. The molecule has 4 rings (SSSR count). The molecular formula is C25H25FN2O4. The fraction of sp³-hybridized carbons (Fsp3) is 0.320. The van der Waals surface area contributed by atoms with Crippen LogP contribution in [0.1, 0.15) is 49.5 Å². The lowest BCUT2D eigenvalue weighted by Gasteiger charge is -2.28. The first-order chi connectivity index (χ1) is 15.6. The van der Waals surface area contributed by atoms with E-state index in [1.807, 2.05) is 36.4 Å². The van der Waals surface area contributed by atoms with E-state index in [1.54, 1.807) is 12.1 Å². The van der Waals surface area contributed by atoms with Crippen molar-refractivity contribution < 1.29 is 23.9 Å². The van der Waals surface area contributed by atoms with Crippen LogP contribution in [0, 0.1) is 11.7 Å². The molecule has 1 atom stereocenters. The maximum atomic E-state index is 14.9. The first-order valence-electron chi connectivity index (χ1n) is 10.8. The molecule has 32 heavy (non-hydrogen) atoms. The van der Waals surface area contributed by atoms with Gasteiger partial charge in [-0.05, 0) is 42.7 Å². The van der Waals surface area contributed by atoms with Crippen molar-refractivity contribution in [2.45, 2.75) is 44.8 Å². The average molecular weight is 436 g/mol. The summed E-state index contributed by atoms with van der Waals surface area (Å²) in [6.07, 6.45) is 5.36. The lowest BCUT2D eigenvalue weighted by Crippen LogP contribution is -2.18. The number of ether oxygens (including phenoxy) is 1. The fourth-order valence-electron chi connectivity index (χ4n) is 4.15. The number of pyridine rings is 1. The molecule has 0 saturated heterocycles. The van der Waals surface area contributed by atoms with Gasteiger partial charge in [0.1, 0.15) is 6.61 Å². The van der Waals surface area contributed by atoms with Crippen molar-refractivity contribution >= 4 is 23.1 Å². The number of hydrogen-bond donors (Lipinski definition) is 1. The molecule has 0 radical (unpaired) electrons. The lowest BCUT2D eigenvalue weighted by molar-refractivity contribution is -0.129. The number of nitrogens with zero attached hydrogens (tertiary/aromatic N) is 2. The summed E-state index contributed by atoms with van der Waals surface area (Å²) >= 11 is 0. The molecule has 0 bridgehead atoms. The van der Waals surface area contributed by atoms with E-state index in [2.05, 4.69) is 10.1 Å². The van der Waals surface area contributed by atoms with E-state index in [9.17, 15) is 9.18 Å². The minimum atomic E-state index is -1.19. The number of benzene rings is 2. The lowest BCUT2D eigenvalue weighted by atomic mass is 9.82. The van der Waals surface area contributed by atoms with Crippen LogP contribution in [0.5, 0.6) is 5.75 Å². The van der Waals surface area contributed by atoms with Crippen LogP contribution >= 0.6 is 0 Å². The predicted octanol–water partition coefficient (Wildman–Crippen LogP) is 5.66. The molecule has 6 nitrogen and oxygen atoms in total. The number of hydrogen-bond acceptors (Lipinski definition) is 5. The van der Waals surface area contributed by atoms with Gasteiger partial charge >= 0.3 is 5.97 Å². The Morgan fingerprint density at radius 2 is 1.97 bits per heavy atom. The van der Waals surface area contributed by atoms with Gasteiger partial charge in [0.2, 0.25) is 0 Å². The number of para-hydroxylation sites is 1. The number of rotatable bonds is 8. The molecule has 3 aromatic rings. The van der Waals surface area contributed by atoms with E-state index in [4.69, 9.17) is 14.7 Å². The number of fused-ring (bicyclic) bond motifs is 1. The second kappa shape index (κ2) is 10.2. The van der Waals surface area contributed by atoms with Gasteiger partial charge in [0, 0.05) is 11.3 Å². The summed E-state index contributed by atoms with van der Waals surface area (Å²) in [6, 6.07) is 16.3. The Morgan fingerprint density at radius 3 is 2.75 bits per heavy atom. The van der Waals surface area contributed by atoms with E-state index >= 15 is 0 Å². The van der Waals surface area contributed by atoms with Crippen molar-refractivity contribution in [3.63, 3.8) is 0 Å². The van der Waals surface area contributed by atoms with Gasteiger partial charge in [0.05, 0.1) is 11.2 Å². The highest BCUT2D eigenvalue weighted by atomic mass is 19.1. The van der Waals surface area contributed by atoms with E-state index in [1.165, 1.54) is 6.07 Å². The van der Waals surface area contributed by atoms with Crippen molar-refractivity contribution in [3.05, 3.63) is 71.7 Å². The Bertz CT molecular complexity index is 1110. The van der Waals surface area contributed by atoms with Gasteiger partial charge in [-0.1, -0.05) is 54.8 Å². The number of aromatic nitrogens is 1. The average Bonchev–Trinajstić information content (AvgIpc) is 2.81. The number of aliphatic carboxylic acids is 1. The highest BCUT2D eigenvalue weighted by molar-refractivity contribution is 6.21. The second-order valence-corrected chi connectivity index (χ2v) is 7.97. The predicted molar refractivity (Wildman–Crippen MR) is 119 cm³/mol. The minimum absolute atomic E-state index is 0.125. The fourth-order valence-corrected chi connectivity index (χ4v) is 4.15. The van der Waals surface area contributed by atoms with E-state index < -0.39 is 17.9 Å². The molecule has 1 aliphatic rings. The van der Waals surface area contributed by atoms with Gasteiger partial charge in [-0.2, -0.15) is 0 Å². The Kier molecular flexibility index (Phi) is 6.94. The van der Waals surface area contributed by atoms with Crippen molar-refractivity contribution in [2.75, 3.05) is 0 Å². The number of carboxylic acid groups (broad SMARTS) is 1. The van der Waals surface area contributed by atoms with Gasteiger partial charge in [0.15, 0.2) is 23.9 Å². The zero-order valence-corrected chi connectivity index (χ0v) is 17.6. The van der Waals surface area contributed by atoms with E-state index in [-0.39, 0.29) is 18.3 Å². The molecular weight excluding hydrogens is 411 g/mol. The third kappa shape index (κ3) is 5.41. The van der Waals surface area contributed by atoms with Gasteiger partial charge in [-0.3, -0.25) is 0 Å². The number of halogens is 1. The van der Waals surface area contributed by atoms with Crippen molar-refractivity contribution in [3.8, 4) is 5.75 Å². The summed E-state index contributed by atoms with van der Waals surface area (Å²) < 4.78 is 20.5. The van der Waals surface area contributed by atoms with Crippen LogP contribution < -0.4 is 4.74 Å². The molecule has 1 aliphatic carbocycles. The summed E-state index contributed by atoms with van der Waals surface area (Å²) in [5.41, 5.74) is 2.19. The van der Waals surface area contributed by atoms with E-state index in [0.717, 1.165) is 43.0 Å². The molecule has 166 valence electrons. The van der Waals surface area contributed by atoms with Crippen LogP contribution in [-0.4, -0.2) is 22.3 Å². The molecule has 2 aromatic carbocycles. The van der Waals surface area contributed by atoms with Crippen LogP contribution in [0.15, 0.2) is 59.8 Å². The molecule has 1 heterocycles. The molecule has 1 N–H and O–H groups in total. The summed E-state index contributed by atoms with van der Waals surface area (Å²) in [7, 11) is 0. The SMILES string of the molecule is O=C(O)/C=N/OC(c1ccc(OCc2ccc3ccccc3n2)c(F)c1)C1CCCCC1. The maximum Gasteiger partial charge on any atom is 0.350 e. The van der Waals surface area contributed by atoms with Crippen LogP contribution in [-0.2, 0) is 16.2 Å². The van der Waals surface area contributed by atoms with Crippen LogP contribution in [0.2, 0.25) is 0 Å². The molecule has 0 spiro atoms. The third-order valence-corrected chi connectivity index (χ3v) is 5.73. The summed E-state index contributed by atoms with van der Waals surface area (Å²) in [5.74, 6) is -1.41. The Balaban J connectivity index is 1.48. The van der Waals surface area contributed by atoms with E-state index in [0.29, 0.717) is 17.5 Å². The normalized spacial score (nSPS) is 15.7. The van der Waals surface area contributed by atoms with Gasteiger partial charge in [-0.15, -0.1) is 0 Å². The van der Waals surface area contributed by atoms with Gasteiger partial charge < -0.3 is 14.7 Å². The minimum Gasteiger partial charge on any atom is -0.484 e. The standard InChI is InChI=1S/C25H25FN2O4/c26-21-14-19(25(32-27-15-24(29)30)18-7-2-1-3-8-18)11-13-23(21)31-16-20-12-10-17-6-4-5-9-22(17)28-20/h4-6,9-15,18,25H,1-3,7-8,16H2,(H,29,30)/b27-15+.